The fourth-order valence-corrected chi connectivity index (χ4v) is 3.46. The van der Waals surface area contributed by atoms with E-state index in [1.807, 2.05) is 18.2 Å². The van der Waals surface area contributed by atoms with Crippen LogP contribution in [0.25, 0.3) is 33.3 Å². The average molecular weight is 320 g/mol. The molecule has 4 aromatic rings. The molecule has 2 heterocycles. The fraction of sp³-hybridized carbons (Fsp3) is 0. The van der Waals surface area contributed by atoms with E-state index in [0.717, 1.165) is 33.3 Å². The van der Waals surface area contributed by atoms with Crippen LogP contribution in [0.3, 0.4) is 0 Å². The first-order chi connectivity index (χ1) is 11.2. The van der Waals surface area contributed by atoms with Crippen LogP contribution in [0.2, 0.25) is 0 Å². The van der Waals surface area contributed by atoms with Gasteiger partial charge < -0.3 is 4.98 Å². The van der Waals surface area contributed by atoms with Gasteiger partial charge in [-0.15, -0.1) is 0 Å². The summed E-state index contributed by atoms with van der Waals surface area (Å²) in [5.41, 5.74) is 5.37. The zero-order valence-electron chi connectivity index (χ0n) is 12.0. The number of nitro benzene ring substituents is 1. The number of nitrogens with zero attached hydrogens (tertiary/aromatic N) is 1. The molecule has 112 valence electrons. The summed E-state index contributed by atoms with van der Waals surface area (Å²) in [5.74, 6) is 0. The van der Waals surface area contributed by atoms with Crippen LogP contribution in [-0.2, 0) is 0 Å². The first-order valence-electron chi connectivity index (χ1n) is 7.12. The number of fused-ring (bicyclic) bond motifs is 1. The Kier molecular flexibility index (Phi) is 3.20. The van der Waals surface area contributed by atoms with Crippen molar-refractivity contribution in [1.82, 2.24) is 4.98 Å². The number of benzene rings is 2. The van der Waals surface area contributed by atoms with Gasteiger partial charge in [-0.1, -0.05) is 18.2 Å². The van der Waals surface area contributed by atoms with Gasteiger partial charge in [0.25, 0.3) is 5.69 Å². The predicted molar refractivity (Wildman–Crippen MR) is 93.7 cm³/mol. The highest BCUT2D eigenvalue weighted by molar-refractivity contribution is 7.08. The number of non-ortho nitro benzene ring substituents is 1. The Morgan fingerprint density at radius 2 is 1.74 bits per heavy atom. The molecular formula is C18H12N2O2S. The van der Waals surface area contributed by atoms with E-state index in [9.17, 15) is 10.1 Å². The zero-order chi connectivity index (χ0) is 15.8. The molecule has 0 aliphatic heterocycles. The van der Waals surface area contributed by atoms with E-state index in [0.29, 0.717) is 0 Å². The summed E-state index contributed by atoms with van der Waals surface area (Å²) in [6.45, 7) is 0. The number of nitrogens with one attached hydrogen (secondary N) is 1. The van der Waals surface area contributed by atoms with E-state index in [-0.39, 0.29) is 10.6 Å². The number of hydrogen-bond donors (Lipinski definition) is 1. The molecule has 2 aromatic heterocycles. The largest absolute Gasteiger partial charge is 0.354 e. The van der Waals surface area contributed by atoms with Gasteiger partial charge in [-0.2, -0.15) is 11.3 Å². The molecule has 0 saturated carbocycles. The predicted octanol–water partition coefficient (Wildman–Crippen LogP) is 5.47. The molecule has 0 spiro atoms. The van der Waals surface area contributed by atoms with Gasteiger partial charge in [0.05, 0.1) is 10.6 Å². The highest BCUT2D eigenvalue weighted by Crippen LogP contribution is 2.39. The fourth-order valence-electron chi connectivity index (χ4n) is 2.81. The molecular weight excluding hydrogens is 308 g/mol. The van der Waals surface area contributed by atoms with E-state index in [1.54, 1.807) is 23.5 Å². The lowest BCUT2D eigenvalue weighted by atomic mass is 10.0. The van der Waals surface area contributed by atoms with Gasteiger partial charge in [-0.25, -0.2) is 0 Å². The highest BCUT2D eigenvalue weighted by atomic mass is 32.1. The highest BCUT2D eigenvalue weighted by Gasteiger charge is 2.16. The summed E-state index contributed by atoms with van der Waals surface area (Å²) < 4.78 is 0. The van der Waals surface area contributed by atoms with Crippen molar-refractivity contribution in [3.63, 3.8) is 0 Å². The monoisotopic (exact) mass is 320 g/mol. The zero-order valence-corrected chi connectivity index (χ0v) is 12.8. The average Bonchev–Trinajstić information content (AvgIpc) is 3.21. The van der Waals surface area contributed by atoms with Crippen molar-refractivity contribution in [2.45, 2.75) is 0 Å². The number of thiophene rings is 1. The maximum Gasteiger partial charge on any atom is 0.269 e. The Morgan fingerprint density at radius 3 is 2.43 bits per heavy atom. The lowest BCUT2D eigenvalue weighted by Crippen LogP contribution is -1.88. The van der Waals surface area contributed by atoms with Gasteiger partial charge in [0.2, 0.25) is 0 Å². The summed E-state index contributed by atoms with van der Waals surface area (Å²) in [5, 5.41) is 16.2. The Balaban J connectivity index is 1.96. The van der Waals surface area contributed by atoms with E-state index < -0.39 is 0 Å². The van der Waals surface area contributed by atoms with E-state index >= 15 is 0 Å². The van der Waals surface area contributed by atoms with E-state index in [2.05, 4.69) is 27.9 Å². The Hall–Kier alpha value is -2.92. The number of para-hydroxylation sites is 1. The SMILES string of the molecule is O=[N+]([O-])c1ccc(-c2[nH]c3ccccc3c2-c2ccsc2)cc1. The molecule has 0 fully saturated rings. The van der Waals surface area contributed by atoms with E-state index in [1.165, 1.54) is 12.1 Å². The Bertz CT molecular complexity index is 986. The molecule has 0 radical (unpaired) electrons. The van der Waals surface area contributed by atoms with Crippen LogP contribution in [0.1, 0.15) is 0 Å². The van der Waals surface area contributed by atoms with E-state index in [4.69, 9.17) is 0 Å². The van der Waals surface area contributed by atoms with Crippen LogP contribution in [0, 0.1) is 10.1 Å². The quantitative estimate of drug-likeness (QED) is 0.402. The molecule has 4 nitrogen and oxygen atoms in total. The van der Waals surface area contributed by atoms with Gasteiger partial charge in [0.1, 0.15) is 0 Å². The lowest BCUT2D eigenvalue weighted by molar-refractivity contribution is -0.384. The molecule has 4 rings (SSSR count). The molecule has 23 heavy (non-hydrogen) atoms. The molecule has 5 heteroatoms. The second kappa shape index (κ2) is 5.37. The first kappa shape index (κ1) is 13.7. The van der Waals surface area contributed by atoms with Crippen molar-refractivity contribution in [1.29, 1.82) is 0 Å². The number of aromatic nitrogens is 1. The number of H-pyrrole nitrogens is 1. The topological polar surface area (TPSA) is 58.9 Å². The van der Waals surface area contributed by atoms with Crippen molar-refractivity contribution in [2.24, 2.45) is 0 Å². The molecule has 0 unspecified atom stereocenters. The van der Waals surface area contributed by atoms with Crippen molar-refractivity contribution in [3.8, 4) is 22.4 Å². The third-order valence-corrected chi connectivity index (χ3v) is 4.57. The summed E-state index contributed by atoms with van der Waals surface area (Å²) in [6, 6.07) is 16.9. The van der Waals surface area contributed by atoms with Crippen LogP contribution in [0.5, 0.6) is 0 Å². The molecule has 0 aliphatic rings. The summed E-state index contributed by atoms with van der Waals surface area (Å²) in [6.07, 6.45) is 0. The van der Waals surface area contributed by atoms with Crippen molar-refractivity contribution in [2.75, 3.05) is 0 Å². The van der Waals surface area contributed by atoms with Crippen LogP contribution in [0.15, 0.2) is 65.4 Å². The molecule has 0 bridgehead atoms. The summed E-state index contributed by atoms with van der Waals surface area (Å²) >= 11 is 1.65. The molecule has 0 atom stereocenters. The van der Waals surface area contributed by atoms with Gasteiger partial charge in [-0.05, 0) is 46.2 Å². The summed E-state index contributed by atoms with van der Waals surface area (Å²) in [7, 11) is 0. The van der Waals surface area contributed by atoms with Crippen molar-refractivity contribution in [3.05, 3.63) is 75.5 Å². The molecule has 1 N–H and O–H groups in total. The normalized spacial score (nSPS) is 11.0. The minimum atomic E-state index is -0.380. The number of rotatable bonds is 3. The second-order valence-corrected chi connectivity index (χ2v) is 6.02. The third-order valence-electron chi connectivity index (χ3n) is 3.88. The first-order valence-corrected chi connectivity index (χ1v) is 8.06. The molecule has 0 saturated heterocycles. The van der Waals surface area contributed by atoms with Crippen LogP contribution < -0.4 is 0 Å². The Labute approximate surface area is 136 Å². The minimum absolute atomic E-state index is 0.0990. The maximum atomic E-state index is 10.8. The van der Waals surface area contributed by atoms with Gasteiger partial charge in [0, 0.05) is 28.6 Å². The van der Waals surface area contributed by atoms with Crippen molar-refractivity contribution < 1.29 is 4.92 Å². The van der Waals surface area contributed by atoms with Crippen LogP contribution >= 0.6 is 11.3 Å². The third kappa shape index (κ3) is 2.31. The number of nitro groups is 1. The molecule has 0 aliphatic carbocycles. The van der Waals surface area contributed by atoms with Gasteiger partial charge in [-0.3, -0.25) is 10.1 Å². The smallest absolute Gasteiger partial charge is 0.269 e. The van der Waals surface area contributed by atoms with Gasteiger partial charge in [0.15, 0.2) is 0 Å². The standard InChI is InChI=1S/C18H12N2O2S/c21-20(22)14-7-5-12(6-8-14)18-17(13-9-10-23-11-13)15-3-1-2-4-16(15)19-18/h1-11,19H. The Morgan fingerprint density at radius 1 is 0.957 bits per heavy atom. The maximum absolute atomic E-state index is 10.8. The van der Waals surface area contributed by atoms with Crippen molar-refractivity contribution >= 4 is 27.9 Å². The molecule has 2 aromatic carbocycles. The minimum Gasteiger partial charge on any atom is -0.354 e. The van der Waals surface area contributed by atoms with Gasteiger partial charge >= 0.3 is 0 Å². The second-order valence-electron chi connectivity index (χ2n) is 5.24. The van der Waals surface area contributed by atoms with Crippen LogP contribution in [-0.4, -0.2) is 9.91 Å². The van der Waals surface area contributed by atoms with Crippen LogP contribution in [0.4, 0.5) is 5.69 Å². The summed E-state index contributed by atoms with van der Waals surface area (Å²) in [4.78, 5) is 13.9. The number of hydrogen-bond acceptors (Lipinski definition) is 3. The molecule has 0 amide bonds. The lowest BCUT2D eigenvalue weighted by Gasteiger charge is -2.03. The number of aromatic amines is 1.